The van der Waals surface area contributed by atoms with Crippen molar-refractivity contribution in [2.75, 3.05) is 0 Å². The molecule has 0 spiro atoms. The summed E-state index contributed by atoms with van der Waals surface area (Å²) >= 11 is 0. The van der Waals surface area contributed by atoms with E-state index in [-0.39, 0.29) is 5.69 Å². The van der Waals surface area contributed by atoms with Crippen molar-refractivity contribution in [2.24, 2.45) is 0 Å². The van der Waals surface area contributed by atoms with Crippen LogP contribution < -0.4 is 4.74 Å². The van der Waals surface area contributed by atoms with Gasteiger partial charge in [-0.25, -0.2) is 0 Å². The summed E-state index contributed by atoms with van der Waals surface area (Å²) in [5, 5.41) is 10.8. The second-order valence-corrected chi connectivity index (χ2v) is 5.11. The molecule has 0 amide bonds. The van der Waals surface area contributed by atoms with Gasteiger partial charge in [0.05, 0.1) is 4.92 Å². The van der Waals surface area contributed by atoms with Gasteiger partial charge in [0.1, 0.15) is 12.4 Å². The molecule has 23 heavy (non-hydrogen) atoms. The van der Waals surface area contributed by atoms with E-state index in [1.807, 2.05) is 60.7 Å². The lowest BCUT2D eigenvalue weighted by Crippen LogP contribution is -1.97. The van der Waals surface area contributed by atoms with Crippen LogP contribution in [0.5, 0.6) is 5.75 Å². The molecule has 0 radical (unpaired) electrons. The summed E-state index contributed by atoms with van der Waals surface area (Å²) in [5.41, 5.74) is 3.03. The fraction of sp³-hybridized carbons (Fsp3) is 0.0526. The Morgan fingerprint density at radius 3 is 2.35 bits per heavy atom. The van der Waals surface area contributed by atoms with Crippen LogP contribution in [0.15, 0.2) is 78.9 Å². The van der Waals surface area contributed by atoms with E-state index in [1.54, 1.807) is 6.07 Å². The predicted octanol–water partition coefficient (Wildman–Crippen LogP) is 4.84. The van der Waals surface area contributed by atoms with Gasteiger partial charge in [0.15, 0.2) is 0 Å². The molecule has 0 saturated carbocycles. The van der Waals surface area contributed by atoms with Gasteiger partial charge in [-0.05, 0) is 28.8 Å². The smallest absolute Gasteiger partial charge is 0.269 e. The van der Waals surface area contributed by atoms with Gasteiger partial charge in [0.25, 0.3) is 5.69 Å². The highest BCUT2D eigenvalue weighted by Gasteiger charge is 2.06. The highest BCUT2D eigenvalue weighted by Crippen LogP contribution is 2.24. The van der Waals surface area contributed by atoms with Crippen LogP contribution in [0.2, 0.25) is 0 Å². The van der Waals surface area contributed by atoms with Gasteiger partial charge in [-0.1, -0.05) is 54.6 Å². The van der Waals surface area contributed by atoms with Crippen molar-refractivity contribution in [3.8, 4) is 16.9 Å². The van der Waals surface area contributed by atoms with Crippen molar-refractivity contribution in [2.45, 2.75) is 6.61 Å². The van der Waals surface area contributed by atoms with Gasteiger partial charge < -0.3 is 4.74 Å². The van der Waals surface area contributed by atoms with Crippen molar-refractivity contribution in [1.29, 1.82) is 0 Å². The quantitative estimate of drug-likeness (QED) is 0.500. The van der Waals surface area contributed by atoms with Gasteiger partial charge in [-0.2, -0.15) is 0 Å². The van der Waals surface area contributed by atoms with Crippen molar-refractivity contribution in [3.05, 3.63) is 94.5 Å². The Kier molecular flexibility index (Phi) is 4.34. The van der Waals surface area contributed by atoms with Crippen LogP contribution in [-0.2, 0) is 6.61 Å². The maximum atomic E-state index is 10.8. The van der Waals surface area contributed by atoms with E-state index in [0.717, 1.165) is 22.4 Å². The number of non-ortho nitro benzene ring substituents is 1. The molecule has 4 nitrogen and oxygen atoms in total. The molecule has 0 heterocycles. The van der Waals surface area contributed by atoms with E-state index in [1.165, 1.54) is 12.1 Å². The Balaban J connectivity index is 1.74. The fourth-order valence-corrected chi connectivity index (χ4v) is 2.32. The second kappa shape index (κ2) is 6.75. The Morgan fingerprint density at radius 2 is 1.57 bits per heavy atom. The molecule has 0 atom stereocenters. The molecule has 0 bridgehead atoms. The third-order valence-corrected chi connectivity index (χ3v) is 3.47. The Morgan fingerprint density at radius 1 is 0.826 bits per heavy atom. The summed E-state index contributed by atoms with van der Waals surface area (Å²) < 4.78 is 5.77. The monoisotopic (exact) mass is 305 g/mol. The minimum absolute atomic E-state index is 0.0733. The van der Waals surface area contributed by atoms with E-state index in [4.69, 9.17) is 4.74 Å². The molecule has 0 saturated heterocycles. The number of rotatable bonds is 5. The normalized spacial score (nSPS) is 10.3. The Labute approximate surface area is 134 Å². The molecule has 4 heteroatoms. The first-order valence-electron chi connectivity index (χ1n) is 7.24. The third kappa shape index (κ3) is 3.74. The van der Waals surface area contributed by atoms with Crippen LogP contribution in [0.4, 0.5) is 5.69 Å². The van der Waals surface area contributed by atoms with E-state index < -0.39 is 4.92 Å². The zero-order chi connectivity index (χ0) is 16.1. The van der Waals surface area contributed by atoms with Gasteiger partial charge in [0.2, 0.25) is 0 Å². The third-order valence-electron chi connectivity index (χ3n) is 3.47. The summed E-state index contributed by atoms with van der Waals surface area (Å²) in [6.07, 6.45) is 0. The van der Waals surface area contributed by atoms with Gasteiger partial charge in [-0.3, -0.25) is 10.1 Å². The number of ether oxygens (including phenoxy) is 1. The number of hydrogen-bond acceptors (Lipinski definition) is 3. The van der Waals surface area contributed by atoms with Gasteiger partial charge >= 0.3 is 0 Å². The zero-order valence-electron chi connectivity index (χ0n) is 12.4. The molecular weight excluding hydrogens is 290 g/mol. The van der Waals surface area contributed by atoms with Crippen LogP contribution in [0.25, 0.3) is 11.1 Å². The van der Waals surface area contributed by atoms with E-state index in [2.05, 4.69) is 0 Å². The number of nitro benzene ring substituents is 1. The molecule has 3 aromatic carbocycles. The lowest BCUT2D eigenvalue weighted by Gasteiger charge is -2.08. The summed E-state index contributed by atoms with van der Waals surface area (Å²) in [6, 6.07) is 24.3. The minimum Gasteiger partial charge on any atom is -0.489 e. The molecule has 0 aromatic heterocycles. The van der Waals surface area contributed by atoms with Crippen molar-refractivity contribution < 1.29 is 9.66 Å². The molecule has 0 unspecified atom stereocenters. The second-order valence-electron chi connectivity index (χ2n) is 5.11. The van der Waals surface area contributed by atoms with Crippen LogP contribution in [0.1, 0.15) is 5.56 Å². The van der Waals surface area contributed by atoms with E-state index >= 15 is 0 Å². The van der Waals surface area contributed by atoms with Crippen LogP contribution in [-0.4, -0.2) is 4.92 Å². The summed E-state index contributed by atoms with van der Waals surface area (Å²) in [7, 11) is 0. The molecule has 114 valence electrons. The first-order chi connectivity index (χ1) is 11.2. The molecule has 0 fully saturated rings. The first kappa shape index (κ1) is 14.8. The number of nitrogens with zero attached hydrogens (tertiary/aromatic N) is 1. The Bertz CT molecular complexity index is 816. The summed E-state index contributed by atoms with van der Waals surface area (Å²) in [5.74, 6) is 0.734. The molecular formula is C19H15NO3. The predicted molar refractivity (Wildman–Crippen MR) is 89.3 cm³/mol. The maximum Gasteiger partial charge on any atom is 0.269 e. The van der Waals surface area contributed by atoms with Gasteiger partial charge in [-0.15, -0.1) is 0 Å². The first-order valence-corrected chi connectivity index (χ1v) is 7.24. The van der Waals surface area contributed by atoms with Crippen LogP contribution in [0.3, 0.4) is 0 Å². The molecule has 0 N–H and O–H groups in total. The molecule has 3 rings (SSSR count). The highest BCUT2D eigenvalue weighted by atomic mass is 16.6. The maximum absolute atomic E-state index is 10.8. The lowest BCUT2D eigenvalue weighted by molar-refractivity contribution is -0.384. The number of benzene rings is 3. The molecule has 0 aliphatic heterocycles. The van der Waals surface area contributed by atoms with Crippen molar-refractivity contribution >= 4 is 5.69 Å². The molecule has 0 aliphatic carbocycles. The van der Waals surface area contributed by atoms with Crippen molar-refractivity contribution in [3.63, 3.8) is 0 Å². The van der Waals surface area contributed by atoms with Crippen LogP contribution >= 0.6 is 0 Å². The molecule has 3 aromatic rings. The zero-order valence-corrected chi connectivity index (χ0v) is 12.4. The standard InChI is InChI=1S/C19H15NO3/c21-20(22)18-10-4-6-15(12-18)14-23-19-11-5-9-17(13-19)16-7-2-1-3-8-16/h1-13H,14H2. The van der Waals surface area contributed by atoms with Crippen molar-refractivity contribution in [1.82, 2.24) is 0 Å². The number of hydrogen-bond donors (Lipinski definition) is 0. The minimum atomic E-state index is -0.403. The topological polar surface area (TPSA) is 52.4 Å². The average Bonchev–Trinajstić information content (AvgIpc) is 2.61. The molecule has 0 aliphatic rings. The summed E-state index contributed by atoms with van der Waals surface area (Å²) in [6.45, 7) is 0.292. The van der Waals surface area contributed by atoms with E-state index in [0.29, 0.717) is 6.61 Å². The number of nitro groups is 1. The average molecular weight is 305 g/mol. The van der Waals surface area contributed by atoms with E-state index in [9.17, 15) is 10.1 Å². The Hall–Kier alpha value is -3.14. The lowest BCUT2D eigenvalue weighted by atomic mass is 10.1. The largest absolute Gasteiger partial charge is 0.489 e. The summed E-state index contributed by atoms with van der Waals surface area (Å²) in [4.78, 5) is 10.4. The fourth-order valence-electron chi connectivity index (χ4n) is 2.32. The highest BCUT2D eigenvalue weighted by molar-refractivity contribution is 5.64. The van der Waals surface area contributed by atoms with Crippen LogP contribution in [0, 0.1) is 10.1 Å². The van der Waals surface area contributed by atoms with Gasteiger partial charge in [0, 0.05) is 12.1 Å². The SMILES string of the molecule is O=[N+]([O-])c1cccc(COc2cccc(-c3ccccc3)c2)c1.